The average Bonchev–Trinajstić information content (AvgIpc) is 1.86. The molecule has 0 spiro atoms. The molecule has 0 amide bonds. The van der Waals surface area contributed by atoms with Gasteiger partial charge >= 0.3 is 0 Å². The molecule has 0 saturated heterocycles. The van der Waals surface area contributed by atoms with E-state index < -0.39 is 0 Å². The second kappa shape index (κ2) is 5.20. The summed E-state index contributed by atoms with van der Waals surface area (Å²) in [5.41, 5.74) is 1.22. The van der Waals surface area contributed by atoms with Crippen molar-refractivity contribution in [1.82, 2.24) is 0 Å². The SMILES string of the molecule is C=C/C=C(\C=C(/C)Cl)C(C)C. The normalized spacial score (nSPS) is 13.9. The number of hydrogen-bond donors (Lipinski definition) is 0. The summed E-state index contributed by atoms with van der Waals surface area (Å²) in [5.74, 6) is 0.502. The standard InChI is InChI=1S/C10H15Cl/c1-5-6-10(8(2)3)7-9(4)11/h5-8H,1H2,2-4H3/b9-7+,10-6+. The van der Waals surface area contributed by atoms with Crippen LogP contribution in [0.15, 0.2) is 35.4 Å². The van der Waals surface area contributed by atoms with Gasteiger partial charge < -0.3 is 0 Å². The van der Waals surface area contributed by atoms with Gasteiger partial charge in [-0.25, -0.2) is 0 Å². The highest BCUT2D eigenvalue weighted by atomic mass is 35.5. The lowest BCUT2D eigenvalue weighted by molar-refractivity contribution is 0.791. The monoisotopic (exact) mass is 170 g/mol. The van der Waals surface area contributed by atoms with E-state index in [4.69, 9.17) is 11.6 Å². The molecule has 0 fully saturated rings. The highest BCUT2D eigenvalue weighted by Gasteiger charge is 1.97. The van der Waals surface area contributed by atoms with Gasteiger partial charge in [0.1, 0.15) is 0 Å². The van der Waals surface area contributed by atoms with Gasteiger partial charge in [-0.15, -0.1) is 0 Å². The van der Waals surface area contributed by atoms with Gasteiger partial charge in [0.25, 0.3) is 0 Å². The predicted molar refractivity (Wildman–Crippen MR) is 52.7 cm³/mol. The molecule has 0 rings (SSSR count). The van der Waals surface area contributed by atoms with E-state index in [0.717, 1.165) is 5.03 Å². The maximum absolute atomic E-state index is 5.74. The van der Waals surface area contributed by atoms with Crippen LogP contribution in [0, 0.1) is 5.92 Å². The Hall–Kier alpha value is -0.490. The van der Waals surface area contributed by atoms with Crippen molar-refractivity contribution in [2.75, 3.05) is 0 Å². The molecule has 0 nitrogen and oxygen atoms in total. The molecule has 0 aromatic rings. The largest absolute Gasteiger partial charge is 0.0991 e. The van der Waals surface area contributed by atoms with E-state index in [0.29, 0.717) is 5.92 Å². The van der Waals surface area contributed by atoms with Crippen LogP contribution < -0.4 is 0 Å². The van der Waals surface area contributed by atoms with Crippen molar-refractivity contribution in [3.8, 4) is 0 Å². The summed E-state index contributed by atoms with van der Waals surface area (Å²) in [6.45, 7) is 9.78. The van der Waals surface area contributed by atoms with E-state index in [9.17, 15) is 0 Å². The van der Waals surface area contributed by atoms with E-state index >= 15 is 0 Å². The molecule has 1 heteroatoms. The molecule has 0 aliphatic rings. The van der Waals surface area contributed by atoms with Crippen molar-refractivity contribution >= 4 is 11.6 Å². The third kappa shape index (κ3) is 4.86. The molecular formula is C10H15Cl. The van der Waals surface area contributed by atoms with Crippen molar-refractivity contribution in [3.63, 3.8) is 0 Å². The molecule has 62 valence electrons. The lowest BCUT2D eigenvalue weighted by Crippen LogP contribution is -1.89. The Morgan fingerprint density at radius 2 is 2.00 bits per heavy atom. The van der Waals surface area contributed by atoms with Crippen LogP contribution in [0.1, 0.15) is 20.8 Å². The topological polar surface area (TPSA) is 0 Å². The smallest absolute Gasteiger partial charge is 0.0152 e. The Bertz CT molecular complexity index is 181. The lowest BCUT2D eigenvalue weighted by atomic mass is 10.0. The summed E-state index contributed by atoms with van der Waals surface area (Å²) in [7, 11) is 0. The molecule has 0 radical (unpaired) electrons. The highest BCUT2D eigenvalue weighted by molar-refractivity contribution is 6.29. The molecule has 11 heavy (non-hydrogen) atoms. The first-order chi connectivity index (χ1) is 5.07. The van der Waals surface area contributed by atoms with Gasteiger partial charge in [-0.1, -0.05) is 44.2 Å². The fourth-order valence-corrected chi connectivity index (χ4v) is 0.899. The maximum Gasteiger partial charge on any atom is 0.0152 e. The Balaban J connectivity index is 4.49. The number of rotatable bonds is 3. The minimum atomic E-state index is 0.502. The van der Waals surface area contributed by atoms with E-state index in [-0.39, 0.29) is 0 Å². The molecule has 0 N–H and O–H groups in total. The molecule has 0 atom stereocenters. The van der Waals surface area contributed by atoms with Crippen molar-refractivity contribution in [2.45, 2.75) is 20.8 Å². The summed E-state index contributed by atoms with van der Waals surface area (Å²) in [4.78, 5) is 0. The third-order valence-electron chi connectivity index (χ3n) is 1.34. The van der Waals surface area contributed by atoms with Crippen LogP contribution in [-0.4, -0.2) is 0 Å². The fraction of sp³-hybridized carbons (Fsp3) is 0.400. The summed E-state index contributed by atoms with van der Waals surface area (Å²) < 4.78 is 0. The molecule has 0 saturated carbocycles. The summed E-state index contributed by atoms with van der Waals surface area (Å²) >= 11 is 5.74. The van der Waals surface area contributed by atoms with Crippen LogP contribution in [0.25, 0.3) is 0 Å². The molecule has 0 aromatic carbocycles. The zero-order chi connectivity index (χ0) is 8.85. The zero-order valence-electron chi connectivity index (χ0n) is 7.39. The van der Waals surface area contributed by atoms with Crippen molar-refractivity contribution in [1.29, 1.82) is 0 Å². The Labute approximate surface area is 74.3 Å². The van der Waals surface area contributed by atoms with Crippen LogP contribution in [0.2, 0.25) is 0 Å². The first-order valence-electron chi connectivity index (χ1n) is 3.74. The average molecular weight is 171 g/mol. The van der Waals surface area contributed by atoms with E-state index in [1.165, 1.54) is 5.57 Å². The maximum atomic E-state index is 5.74. The van der Waals surface area contributed by atoms with E-state index in [2.05, 4.69) is 20.4 Å². The fourth-order valence-electron chi connectivity index (χ4n) is 0.773. The summed E-state index contributed by atoms with van der Waals surface area (Å²) in [6, 6.07) is 0. The third-order valence-corrected chi connectivity index (χ3v) is 1.45. The number of allylic oxidation sites excluding steroid dienone is 5. The molecule has 0 unspecified atom stereocenters. The van der Waals surface area contributed by atoms with Gasteiger partial charge in [-0.2, -0.15) is 0 Å². The van der Waals surface area contributed by atoms with Gasteiger partial charge in [0.2, 0.25) is 0 Å². The minimum Gasteiger partial charge on any atom is -0.0991 e. The van der Waals surface area contributed by atoms with Crippen LogP contribution in [0.4, 0.5) is 0 Å². The zero-order valence-corrected chi connectivity index (χ0v) is 8.15. The second-order valence-corrected chi connectivity index (χ2v) is 3.38. The van der Waals surface area contributed by atoms with E-state index in [1.54, 1.807) is 6.08 Å². The van der Waals surface area contributed by atoms with Gasteiger partial charge in [0.05, 0.1) is 0 Å². The first kappa shape index (κ1) is 10.5. The molecule has 0 bridgehead atoms. The van der Waals surface area contributed by atoms with Crippen molar-refractivity contribution < 1.29 is 0 Å². The molecule has 0 heterocycles. The van der Waals surface area contributed by atoms with Gasteiger partial charge in [0, 0.05) is 5.03 Å². The molecule has 0 aliphatic heterocycles. The predicted octanol–water partition coefficient (Wildman–Crippen LogP) is 3.90. The molecule has 0 aliphatic carbocycles. The van der Waals surface area contributed by atoms with Crippen LogP contribution >= 0.6 is 11.6 Å². The number of halogens is 1. The van der Waals surface area contributed by atoms with Crippen molar-refractivity contribution in [2.24, 2.45) is 5.92 Å². The van der Waals surface area contributed by atoms with E-state index in [1.807, 2.05) is 19.1 Å². The van der Waals surface area contributed by atoms with Crippen LogP contribution in [0.5, 0.6) is 0 Å². The Morgan fingerprint density at radius 1 is 1.45 bits per heavy atom. The van der Waals surface area contributed by atoms with Gasteiger partial charge in [-0.3, -0.25) is 0 Å². The lowest BCUT2D eigenvalue weighted by Gasteiger charge is -2.04. The summed E-state index contributed by atoms with van der Waals surface area (Å²) in [6.07, 6.45) is 5.73. The Kier molecular flexibility index (Phi) is 4.97. The molecule has 0 aromatic heterocycles. The summed E-state index contributed by atoms with van der Waals surface area (Å²) in [5, 5.41) is 0.812. The Morgan fingerprint density at radius 3 is 2.27 bits per heavy atom. The van der Waals surface area contributed by atoms with Crippen LogP contribution in [-0.2, 0) is 0 Å². The number of hydrogen-bond acceptors (Lipinski definition) is 0. The highest BCUT2D eigenvalue weighted by Crippen LogP contribution is 2.14. The second-order valence-electron chi connectivity index (χ2n) is 2.79. The van der Waals surface area contributed by atoms with Gasteiger partial charge in [-0.05, 0) is 24.5 Å². The quantitative estimate of drug-likeness (QED) is 0.564. The van der Waals surface area contributed by atoms with Crippen LogP contribution in [0.3, 0.4) is 0 Å². The molecular weight excluding hydrogens is 156 g/mol. The first-order valence-corrected chi connectivity index (χ1v) is 4.12. The minimum absolute atomic E-state index is 0.502. The van der Waals surface area contributed by atoms with Gasteiger partial charge in [0.15, 0.2) is 0 Å². The van der Waals surface area contributed by atoms with Crippen molar-refractivity contribution in [3.05, 3.63) is 35.4 Å².